The highest BCUT2D eigenvalue weighted by molar-refractivity contribution is 6.01. The van der Waals surface area contributed by atoms with Gasteiger partial charge in [0, 0.05) is 12.0 Å². The predicted octanol–water partition coefficient (Wildman–Crippen LogP) is 5.51. The van der Waals surface area contributed by atoms with E-state index < -0.39 is 5.97 Å². The quantitative estimate of drug-likeness (QED) is 0.189. The zero-order chi connectivity index (χ0) is 23.3. The number of aliphatic carboxylic acids is 1. The molecule has 1 aliphatic carbocycles. The molecule has 0 spiro atoms. The maximum absolute atomic E-state index is 10.7. The molecule has 1 N–H and O–H groups in total. The molecule has 0 bridgehead atoms. The first-order valence-electron chi connectivity index (χ1n) is 10.9. The highest BCUT2D eigenvalue weighted by Gasteiger charge is 2.11. The number of rotatable bonds is 13. The summed E-state index contributed by atoms with van der Waals surface area (Å²) in [5, 5.41) is 13.0. The summed E-state index contributed by atoms with van der Waals surface area (Å²) in [6.45, 7) is 4.69. The van der Waals surface area contributed by atoms with Crippen molar-refractivity contribution in [2.45, 2.75) is 25.9 Å². The molecule has 0 fully saturated rings. The van der Waals surface area contributed by atoms with Gasteiger partial charge in [-0.25, -0.2) is 0 Å². The van der Waals surface area contributed by atoms with Crippen LogP contribution < -0.4 is 4.74 Å². The number of nitrogens with zero attached hydrogens (tertiary/aromatic N) is 1. The van der Waals surface area contributed by atoms with E-state index >= 15 is 0 Å². The van der Waals surface area contributed by atoms with Crippen LogP contribution in [0.15, 0.2) is 96.4 Å². The second-order valence-electron chi connectivity index (χ2n) is 7.60. The molecular weight excluding hydrogens is 418 g/mol. The van der Waals surface area contributed by atoms with Crippen molar-refractivity contribution in [1.82, 2.24) is 0 Å². The highest BCUT2D eigenvalue weighted by Crippen LogP contribution is 2.22. The third kappa shape index (κ3) is 8.33. The van der Waals surface area contributed by atoms with Crippen LogP contribution in [-0.2, 0) is 21.0 Å². The van der Waals surface area contributed by atoms with Gasteiger partial charge >= 0.3 is 5.97 Å². The fraction of sp³-hybridized carbons (Fsp3) is 0.259. The van der Waals surface area contributed by atoms with Gasteiger partial charge in [0.25, 0.3) is 0 Å². The van der Waals surface area contributed by atoms with E-state index in [1.807, 2.05) is 72.8 Å². The first-order chi connectivity index (χ1) is 16.1. The summed E-state index contributed by atoms with van der Waals surface area (Å²) in [4.78, 5) is 16.0. The molecule has 0 aliphatic heterocycles. The second-order valence-corrected chi connectivity index (χ2v) is 7.60. The van der Waals surface area contributed by atoms with Crippen LogP contribution in [0, 0.1) is 5.92 Å². The Morgan fingerprint density at radius 2 is 1.91 bits per heavy atom. The lowest BCUT2D eigenvalue weighted by molar-refractivity contribution is -0.137. The molecule has 3 rings (SSSR count). The maximum Gasteiger partial charge on any atom is 0.303 e. The lowest BCUT2D eigenvalue weighted by Gasteiger charge is -2.16. The van der Waals surface area contributed by atoms with Crippen LogP contribution in [0.2, 0.25) is 0 Å². The molecule has 6 heteroatoms. The Bertz CT molecular complexity index is 993. The Morgan fingerprint density at radius 1 is 1.12 bits per heavy atom. The van der Waals surface area contributed by atoms with Crippen molar-refractivity contribution in [3.8, 4) is 5.75 Å². The van der Waals surface area contributed by atoms with Crippen LogP contribution in [0.1, 0.15) is 30.4 Å². The summed E-state index contributed by atoms with van der Waals surface area (Å²) in [6, 6.07) is 17.5. The van der Waals surface area contributed by atoms with Crippen molar-refractivity contribution in [3.05, 3.63) is 102 Å². The molecule has 1 unspecified atom stereocenters. The number of carbonyl (C=O) groups is 1. The average Bonchev–Trinajstić information content (AvgIpc) is 2.85. The first-order valence-corrected chi connectivity index (χ1v) is 10.9. The molecule has 0 amide bonds. The van der Waals surface area contributed by atoms with E-state index in [0.717, 1.165) is 29.1 Å². The van der Waals surface area contributed by atoms with Crippen LogP contribution in [-0.4, -0.2) is 30.0 Å². The summed E-state index contributed by atoms with van der Waals surface area (Å²) in [7, 11) is 0. The molecule has 0 heterocycles. The highest BCUT2D eigenvalue weighted by atomic mass is 16.6. The van der Waals surface area contributed by atoms with Gasteiger partial charge < -0.3 is 19.4 Å². The lowest BCUT2D eigenvalue weighted by atomic mass is 9.95. The topological polar surface area (TPSA) is 77.3 Å². The molecule has 0 saturated carbocycles. The number of oxime groups is 1. The van der Waals surface area contributed by atoms with Crippen molar-refractivity contribution >= 4 is 11.7 Å². The Hall–Kier alpha value is -3.80. The van der Waals surface area contributed by atoms with Crippen LogP contribution in [0.4, 0.5) is 0 Å². The summed E-state index contributed by atoms with van der Waals surface area (Å²) >= 11 is 0. The van der Waals surface area contributed by atoms with E-state index in [1.54, 1.807) is 6.08 Å². The third-order valence-electron chi connectivity index (χ3n) is 5.06. The van der Waals surface area contributed by atoms with Gasteiger partial charge in [-0.15, -0.1) is 0 Å². The van der Waals surface area contributed by atoms with E-state index in [-0.39, 0.29) is 18.9 Å². The van der Waals surface area contributed by atoms with Crippen molar-refractivity contribution < 1.29 is 24.2 Å². The van der Waals surface area contributed by atoms with Gasteiger partial charge in [-0.2, -0.15) is 0 Å². The smallest absolute Gasteiger partial charge is 0.303 e. The molecule has 2 aromatic carbocycles. The van der Waals surface area contributed by atoms with Crippen molar-refractivity contribution in [3.63, 3.8) is 0 Å². The van der Waals surface area contributed by atoms with Gasteiger partial charge in [-0.1, -0.05) is 66.4 Å². The number of ether oxygens (including phenoxy) is 2. The van der Waals surface area contributed by atoms with Crippen LogP contribution in [0.25, 0.3) is 0 Å². The first kappa shape index (κ1) is 23.9. The summed E-state index contributed by atoms with van der Waals surface area (Å²) in [5.41, 5.74) is 2.66. The van der Waals surface area contributed by atoms with Gasteiger partial charge in [-0.3, -0.25) is 4.79 Å². The molecular formula is C27H29NO5. The van der Waals surface area contributed by atoms with Gasteiger partial charge in [0.1, 0.15) is 37.0 Å². The molecule has 0 saturated heterocycles. The van der Waals surface area contributed by atoms with E-state index in [2.05, 4.69) is 11.7 Å². The fourth-order valence-corrected chi connectivity index (χ4v) is 3.24. The zero-order valence-electron chi connectivity index (χ0n) is 18.6. The molecule has 172 valence electrons. The van der Waals surface area contributed by atoms with E-state index in [4.69, 9.17) is 19.4 Å². The molecule has 1 aliphatic rings. The molecule has 2 aromatic rings. The fourth-order valence-electron chi connectivity index (χ4n) is 3.24. The Labute approximate surface area is 194 Å². The molecule has 33 heavy (non-hydrogen) atoms. The zero-order valence-corrected chi connectivity index (χ0v) is 18.6. The number of benzene rings is 2. The van der Waals surface area contributed by atoms with Crippen LogP contribution in [0.5, 0.6) is 5.75 Å². The van der Waals surface area contributed by atoms with E-state index in [1.165, 1.54) is 0 Å². The molecule has 6 nitrogen and oxygen atoms in total. The second kappa shape index (κ2) is 12.9. The van der Waals surface area contributed by atoms with Crippen molar-refractivity contribution in [2.75, 3.05) is 13.2 Å². The molecule has 1 atom stereocenters. The minimum Gasteiger partial charge on any atom is -0.489 e. The van der Waals surface area contributed by atoms with Gasteiger partial charge in [0.2, 0.25) is 0 Å². The van der Waals surface area contributed by atoms with Gasteiger partial charge in [-0.05, 0) is 48.6 Å². The maximum atomic E-state index is 10.7. The summed E-state index contributed by atoms with van der Waals surface area (Å²) in [5.74, 6) is 1.04. The van der Waals surface area contributed by atoms with Crippen LogP contribution in [0.3, 0.4) is 0 Å². The standard InChI is InChI=1S/C27H29NO5/c1-2-18-33-28-26(23-6-4-3-5-7-23)20-32-25-15-10-22(11-16-25)19-31-24-13-8-21(9-14-24)12-17-27(29)30/h2-8,10-11,13-16,21H,1,9,12,17-20H2,(H,29,30). The van der Waals surface area contributed by atoms with Gasteiger partial charge in [0.05, 0.1) is 0 Å². The summed E-state index contributed by atoms with van der Waals surface area (Å²) in [6.07, 6.45) is 9.25. The average molecular weight is 448 g/mol. The monoisotopic (exact) mass is 447 g/mol. The molecule has 0 aromatic heterocycles. The molecule has 0 radical (unpaired) electrons. The SMILES string of the molecule is C=CCON=C(COc1ccc(COC2=CCC(CCC(=O)O)C=C2)cc1)c1ccccc1. The minimum atomic E-state index is -0.758. The Morgan fingerprint density at radius 3 is 2.58 bits per heavy atom. The van der Waals surface area contributed by atoms with E-state index in [9.17, 15) is 4.79 Å². The van der Waals surface area contributed by atoms with Crippen molar-refractivity contribution in [1.29, 1.82) is 0 Å². The predicted molar refractivity (Wildman–Crippen MR) is 128 cm³/mol. The van der Waals surface area contributed by atoms with E-state index in [0.29, 0.717) is 25.3 Å². The van der Waals surface area contributed by atoms with Crippen LogP contribution >= 0.6 is 0 Å². The van der Waals surface area contributed by atoms with Gasteiger partial charge in [0.15, 0.2) is 0 Å². The number of allylic oxidation sites excluding steroid dienone is 3. The number of carboxylic acids is 1. The number of hydrogen-bond donors (Lipinski definition) is 1. The Balaban J connectivity index is 1.48. The van der Waals surface area contributed by atoms with Crippen molar-refractivity contribution in [2.24, 2.45) is 11.1 Å². The third-order valence-corrected chi connectivity index (χ3v) is 5.06. The lowest BCUT2D eigenvalue weighted by Crippen LogP contribution is -2.13. The number of carboxylic acid groups (broad SMARTS) is 1. The Kier molecular flexibility index (Phi) is 9.33. The number of hydrogen-bond acceptors (Lipinski definition) is 5. The minimum absolute atomic E-state index is 0.188. The normalized spacial score (nSPS) is 15.5. The summed E-state index contributed by atoms with van der Waals surface area (Å²) < 4.78 is 11.8. The largest absolute Gasteiger partial charge is 0.489 e.